The van der Waals surface area contributed by atoms with Gasteiger partial charge in [0.1, 0.15) is 29.3 Å². The predicted octanol–water partition coefficient (Wildman–Crippen LogP) is 2.95. The summed E-state index contributed by atoms with van der Waals surface area (Å²) in [7, 11) is 0. The van der Waals surface area contributed by atoms with Crippen LogP contribution in [0.25, 0.3) is 11.0 Å². The van der Waals surface area contributed by atoms with Crippen LogP contribution in [-0.4, -0.2) is 59.7 Å². The highest BCUT2D eigenvalue weighted by molar-refractivity contribution is 5.87. The Morgan fingerprint density at radius 2 is 2.09 bits per heavy atom. The number of carbonyl (C=O) groups is 1. The van der Waals surface area contributed by atoms with E-state index in [9.17, 15) is 4.79 Å². The Bertz CT molecular complexity index is 1050. The molecule has 4 rings (SSSR count). The molecule has 0 aliphatic carbocycles. The summed E-state index contributed by atoms with van der Waals surface area (Å²) in [5.41, 5.74) is 1.57. The lowest BCUT2D eigenvalue weighted by molar-refractivity contribution is -0.120. The molecular weight excluding hydrogens is 408 g/mol. The van der Waals surface area contributed by atoms with Crippen molar-refractivity contribution in [3.63, 3.8) is 0 Å². The topological polar surface area (TPSA) is 104 Å². The summed E-state index contributed by atoms with van der Waals surface area (Å²) in [5, 5.41) is 7.35. The first-order chi connectivity index (χ1) is 15.7. The maximum Gasteiger partial charge on any atom is 0.239 e. The lowest BCUT2D eigenvalue weighted by atomic mass is 10.1. The highest BCUT2D eigenvalue weighted by Crippen LogP contribution is 2.29. The van der Waals surface area contributed by atoms with Gasteiger partial charge in [0, 0.05) is 31.4 Å². The molecule has 0 unspecified atom stereocenters. The van der Waals surface area contributed by atoms with E-state index in [2.05, 4.69) is 30.5 Å². The van der Waals surface area contributed by atoms with Crippen LogP contribution in [0.1, 0.15) is 26.7 Å². The number of piperidine rings is 1. The Morgan fingerprint density at radius 1 is 1.22 bits per heavy atom. The van der Waals surface area contributed by atoms with Crippen molar-refractivity contribution in [2.75, 3.05) is 43.1 Å². The van der Waals surface area contributed by atoms with Crippen LogP contribution in [0.5, 0.6) is 11.5 Å². The zero-order valence-corrected chi connectivity index (χ0v) is 18.6. The number of aromatic amines is 1. The number of nitrogens with zero attached hydrogens (tertiary/aromatic N) is 3. The van der Waals surface area contributed by atoms with Crippen molar-refractivity contribution in [2.24, 2.45) is 0 Å². The average molecular weight is 439 g/mol. The zero-order chi connectivity index (χ0) is 22.3. The smallest absolute Gasteiger partial charge is 0.239 e. The van der Waals surface area contributed by atoms with Crippen molar-refractivity contribution < 1.29 is 14.3 Å². The number of ether oxygens (including phenoxy) is 2. The summed E-state index contributed by atoms with van der Waals surface area (Å²) >= 11 is 0. The molecule has 1 aliphatic rings. The van der Waals surface area contributed by atoms with E-state index in [1.165, 1.54) is 0 Å². The number of fused-ring (bicyclic) bond motifs is 1. The maximum atomic E-state index is 12.7. The van der Waals surface area contributed by atoms with Crippen molar-refractivity contribution in [1.29, 1.82) is 0 Å². The van der Waals surface area contributed by atoms with E-state index in [0.29, 0.717) is 25.5 Å². The largest absolute Gasteiger partial charge is 0.494 e. The van der Waals surface area contributed by atoms with E-state index in [0.717, 1.165) is 47.7 Å². The van der Waals surface area contributed by atoms with Crippen LogP contribution in [0, 0.1) is 0 Å². The van der Waals surface area contributed by atoms with Gasteiger partial charge < -0.3 is 30.0 Å². The Kier molecular flexibility index (Phi) is 6.94. The summed E-state index contributed by atoms with van der Waals surface area (Å²) in [6.07, 6.45) is 5.37. The molecule has 3 N–H and O–H groups in total. The second kappa shape index (κ2) is 10.2. The molecule has 0 radical (unpaired) electrons. The minimum Gasteiger partial charge on any atom is -0.494 e. The molecule has 3 heterocycles. The molecule has 1 aliphatic heterocycles. The fourth-order valence-electron chi connectivity index (χ4n) is 4.04. The maximum absolute atomic E-state index is 12.7. The number of carbonyl (C=O) groups excluding carboxylic acids is 1. The van der Waals surface area contributed by atoms with E-state index in [1.807, 2.05) is 44.3 Å². The third kappa shape index (κ3) is 5.04. The van der Waals surface area contributed by atoms with Gasteiger partial charge in [-0.1, -0.05) is 0 Å². The van der Waals surface area contributed by atoms with Gasteiger partial charge in [0.05, 0.1) is 30.8 Å². The molecular formula is C23H30N6O3. The lowest BCUT2D eigenvalue weighted by Gasteiger charge is -2.34. The second-order valence-corrected chi connectivity index (χ2v) is 7.67. The summed E-state index contributed by atoms with van der Waals surface area (Å²) in [5.74, 6) is 2.28. The van der Waals surface area contributed by atoms with Crippen molar-refractivity contribution in [1.82, 2.24) is 20.3 Å². The zero-order valence-electron chi connectivity index (χ0n) is 18.6. The Hall–Kier alpha value is -3.49. The van der Waals surface area contributed by atoms with E-state index in [1.54, 1.807) is 6.33 Å². The van der Waals surface area contributed by atoms with Crippen LogP contribution in [0.4, 0.5) is 11.5 Å². The van der Waals surface area contributed by atoms with Crippen molar-refractivity contribution in [3.05, 3.63) is 36.8 Å². The number of anilines is 2. The van der Waals surface area contributed by atoms with E-state index in [4.69, 9.17) is 9.47 Å². The normalized spacial score (nSPS) is 16.1. The van der Waals surface area contributed by atoms with Gasteiger partial charge in [-0.25, -0.2) is 9.97 Å². The molecule has 32 heavy (non-hydrogen) atoms. The fraction of sp³-hybridized carbons (Fsp3) is 0.435. The van der Waals surface area contributed by atoms with Crippen LogP contribution in [0.15, 0.2) is 36.8 Å². The molecule has 0 saturated carbocycles. The minimum atomic E-state index is -0.0596. The molecule has 9 nitrogen and oxygen atoms in total. The van der Waals surface area contributed by atoms with Gasteiger partial charge in [-0.3, -0.25) is 4.79 Å². The summed E-state index contributed by atoms with van der Waals surface area (Å²) in [6, 6.07) is 7.63. The molecule has 1 amide bonds. The van der Waals surface area contributed by atoms with Gasteiger partial charge >= 0.3 is 0 Å². The number of hydrogen-bond donors (Lipinski definition) is 3. The number of H-pyrrole nitrogens is 1. The first-order valence-corrected chi connectivity index (χ1v) is 11.1. The SMILES string of the molecule is CCOc1ccc(OCC)c(NCC(=O)N[C@@H]2CCCN(c3ncnc4[nH]ccc34)C2)c1. The molecule has 1 aromatic carbocycles. The highest BCUT2D eigenvalue weighted by atomic mass is 16.5. The molecule has 0 bridgehead atoms. The standard InChI is InChI=1S/C23H30N6O3/c1-3-31-17-7-8-20(32-4-2)19(12-17)25-13-21(30)28-16-6-5-11-29(14-16)23-18-9-10-24-22(18)26-15-27-23/h7-10,12,15-16,25H,3-6,11,13-14H2,1-2H3,(H,28,30)(H,24,26,27)/t16-/m1/s1. The first-order valence-electron chi connectivity index (χ1n) is 11.1. The van der Waals surface area contributed by atoms with Crippen molar-refractivity contribution in [3.8, 4) is 11.5 Å². The van der Waals surface area contributed by atoms with Gasteiger partial charge in [-0.15, -0.1) is 0 Å². The van der Waals surface area contributed by atoms with Gasteiger partial charge in [0.15, 0.2) is 0 Å². The predicted molar refractivity (Wildman–Crippen MR) is 125 cm³/mol. The van der Waals surface area contributed by atoms with Gasteiger partial charge in [-0.05, 0) is 44.9 Å². The average Bonchev–Trinajstić information content (AvgIpc) is 3.29. The number of benzene rings is 1. The lowest BCUT2D eigenvalue weighted by Crippen LogP contribution is -2.49. The van der Waals surface area contributed by atoms with E-state index in [-0.39, 0.29) is 18.5 Å². The van der Waals surface area contributed by atoms with Gasteiger partial charge in [-0.2, -0.15) is 0 Å². The van der Waals surface area contributed by atoms with Crippen molar-refractivity contribution >= 4 is 28.4 Å². The third-order valence-electron chi connectivity index (χ3n) is 5.42. The Labute approximate surface area is 187 Å². The number of aromatic nitrogens is 3. The van der Waals surface area contributed by atoms with Crippen LogP contribution in [0.3, 0.4) is 0 Å². The van der Waals surface area contributed by atoms with Crippen LogP contribution in [-0.2, 0) is 4.79 Å². The molecule has 1 fully saturated rings. The number of nitrogens with one attached hydrogen (secondary N) is 3. The minimum absolute atomic E-state index is 0.0585. The van der Waals surface area contributed by atoms with E-state index >= 15 is 0 Å². The van der Waals surface area contributed by atoms with Gasteiger partial charge in [0.25, 0.3) is 0 Å². The number of hydrogen-bond acceptors (Lipinski definition) is 7. The number of amides is 1. The highest BCUT2D eigenvalue weighted by Gasteiger charge is 2.24. The van der Waals surface area contributed by atoms with Crippen LogP contribution < -0.4 is 25.0 Å². The number of rotatable bonds is 9. The molecule has 0 spiro atoms. The molecule has 1 atom stereocenters. The van der Waals surface area contributed by atoms with Crippen LogP contribution in [0.2, 0.25) is 0 Å². The van der Waals surface area contributed by atoms with E-state index < -0.39 is 0 Å². The Morgan fingerprint density at radius 3 is 2.94 bits per heavy atom. The van der Waals surface area contributed by atoms with Crippen molar-refractivity contribution in [2.45, 2.75) is 32.7 Å². The van der Waals surface area contributed by atoms with Crippen LogP contribution >= 0.6 is 0 Å². The van der Waals surface area contributed by atoms with Gasteiger partial charge in [0.2, 0.25) is 5.91 Å². The monoisotopic (exact) mass is 438 g/mol. The summed E-state index contributed by atoms with van der Waals surface area (Å²) in [4.78, 5) is 26.8. The summed E-state index contributed by atoms with van der Waals surface area (Å²) < 4.78 is 11.2. The molecule has 2 aromatic heterocycles. The molecule has 9 heteroatoms. The third-order valence-corrected chi connectivity index (χ3v) is 5.42. The molecule has 1 saturated heterocycles. The first kappa shape index (κ1) is 21.7. The Balaban J connectivity index is 1.36. The summed E-state index contributed by atoms with van der Waals surface area (Å²) in [6.45, 7) is 6.77. The molecule has 3 aromatic rings. The fourth-order valence-corrected chi connectivity index (χ4v) is 4.04. The quantitative estimate of drug-likeness (QED) is 0.472. The second-order valence-electron chi connectivity index (χ2n) is 7.67. The molecule has 170 valence electrons.